The topological polar surface area (TPSA) is 51.2 Å². The molecule has 1 aromatic carbocycles. The lowest BCUT2D eigenvalue weighted by atomic mass is 10.1. The fourth-order valence-electron chi connectivity index (χ4n) is 1.76. The normalized spacial score (nSPS) is 12.0. The Morgan fingerprint density at radius 1 is 1.32 bits per heavy atom. The second-order valence-electron chi connectivity index (χ2n) is 4.51. The number of pyridine rings is 1. The molecule has 2 aromatic rings. The van der Waals surface area contributed by atoms with Gasteiger partial charge in [-0.05, 0) is 36.8 Å². The summed E-state index contributed by atoms with van der Waals surface area (Å²) in [5, 5.41) is 2.09. The molecule has 0 bridgehead atoms. The lowest BCUT2D eigenvalue weighted by molar-refractivity contribution is -0.132. The van der Waals surface area contributed by atoms with E-state index in [4.69, 9.17) is 4.74 Å². The molecule has 0 spiro atoms. The summed E-state index contributed by atoms with van der Waals surface area (Å²) in [7, 11) is 0. The molecule has 0 aliphatic heterocycles. The minimum Gasteiger partial charge on any atom is -0.453 e. The Bertz CT molecular complexity index is 650. The molecule has 0 aliphatic carbocycles. The van der Waals surface area contributed by atoms with E-state index in [1.54, 1.807) is 18.3 Å². The van der Waals surface area contributed by atoms with E-state index in [-0.39, 0.29) is 5.75 Å². The number of hydrogen-bond acceptors (Lipinski definition) is 3. The summed E-state index contributed by atoms with van der Waals surface area (Å²) in [6, 6.07) is 6.49. The van der Waals surface area contributed by atoms with E-state index < -0.39 is 24.2 Å². The summed E-state index contributed by atoms with van der Waals surface area (Å²) >= 11 is 0. The number of hydrogen-bond donors (Lipinski definition) is 1. The molecule has 1 heterocycles. The highest BCUT2D eigenvalue weighted by molar-refractivity contribution is 5.79. The van der Waals surface area contributed by atoms with E-state index in [0.717, 1.165) is 6.07 Å². The molecule has 4 nitrogen and oxygen atoms in total. The van der Waals surface area contributed by atoms with Crippen molar-refractivity contribution in [2.75, 3.05) is 0 Å². The van der Waals surface area contributed by atoms with Crippen molar-refractivity contribution in [3.63, 3.8) is 0 Å². The van der Waals surface area contributed by atoms with Gasteiger partial charge in [-0.25, -0.2) is 4.39 Å². The second-order valence-corrected chi connectivity index (χ2v) is 4.51. The monoisotopic (exact) mass is 310 g/mol. The number of carbonyl (C=O) groups is 1. The maximum absolute atomic E-state index is 14.0. The zero-order valence-corrected chi connectivity index (χ0v) is 11.6. The van der Waals surface area contributed by atoms with Gasteiger partial charge in [0.05, 0.1) is 12.2 Å². The second kappa shape index (κ2) is 6.93. The van der Waals surface area contributed by atoms with Crippen LogP contribution in [0.5, 0.6) is 11.5 Å². The quantitative estimate of drug-likeness (QED) is 0.920. The largest absolute Gasteiger partial charge is 0.453 e. The number of carbonyl (C=O) groups excluding carboxylic acids is 1. The molecule has 0 radical (unpaired) electrons. The number of benzene rings is 1. The molecule has 2 rings (SSSR count). The number of amides is 1. The maximum atomic E-state index is 14.0. The average Bonchev–Trinajstić information content (AvgIpc) is 2.50. The van der Waals surface area contributed by atoms with Crippen LogP contribution < -0.4 is 10.1 Å². The van der Waals surface area contributed by atoms with Crippen molar-refractivity contribution in [1.29, 1.82) is 0 Å². The summed E-state index contributed by atoms with van der Waals surface area (Å²) in [6.07, 6.45) is -0.126. The van der Waals surface area contributed by atoms with Crippen molar-refractivity contribution in [1.82, 2.24) is 10.3 Å². The summed E-state index contributed by atoms with van der Waals surface area (Å²) in [6.45, 7) is 1.48. The van der Waals surface area contributed by atoms with Crippen LogP contribution in [0.2, 0.25) is 0 Å². The Labute approximate surface area is 124 Å². The standard InChI is InChI=1S/C15H13F3N2O2/c1-9(20-15(21)14(17)18)10-4-5-13(12(16)7-10)22-11-3-2-6-19-8-11/h2-9,14H,1H3,(H,20,21). The lowest BCUT2D eigenvalue weighted by Crippen LogP contribution is -2.31. The summed E-state index contributed by atoms with van der Waals surface area (Å²) in [5.74, 6) is -1.72. The fourth-order valence-corrected chi connectivity index (χ4v) is 1.76. The molecule has 1 unspecified atom stereocenters. The van der Waals surface area contributed by atoms with Gasteiger partial charge >= 0.3 is 6.43 Å². The van der Waals surface area contributed by atoms with Crippen molar-refractivity contribution < 1.29 is 22.7 Å². The van der Waals surface area contributed by atoms with Gasteiger partial charge in [0.1, 0.15) is 5.75 Å². The highest BCUT2D eigenvalue weighted by Crippen LogP contribution is 2.26. The Morgan fingerprint density at radius 3 is 2.68 bits per heavy atom. The molecule has 0 saturated heterocycles. The first-order valence-corrected chi connectivity index (χ1v) is 6.43. The number of nitrogens with zero attached hydrogens (tertiary/aromatic N) is 1. The van der Waals surface area contributed by atoms with Crippen LogP contribution in [0.4, 0.5) is 13.2 Å². The van der Waals surface area contributed by atoms with Gasteiger partial charge in [0.15, 0.2) is 11.6 Å². The Morgan fingerprint density at radius 2 is 2.09 bits per heavy atom. The van der Waals surface area contributed by atoms with Crippen LogP contribution in [0.25, 0.3) is 0 Å². The average molecular weight is 310 g/mol. The first kappa shape index (κ1) is 15.8. The highest BCUT2D eigenvalue weighted by atomic mass is 19.3. The van der Waals surface area contributed by atoms with E-state index in [1.807, 2.05) is 0 Å². The lowest BCUT2D eigenvalue weighted by Gasteiger charge is -2.15. The third-order valence-electron chi connectivity index (χ3n) is 2.88. The zero-order chi connectivity index (χ0) is 16.1. The van der Waals surface area contributed by atoms with Crippen molar-refractivity contribution in [2.24, 2.45) is 0 Å². The molecule has 1 aromatic heterocycles. The Hall–Kier alpha value is -2.57. The van der Waals surface area contributed by atoms with Crippen molar-refractivity contribution in [3.8, 4) is 11.5 Å². The number of nitrogens with one attached hydrogen (secondary N) is 1. The minimum absolute atomic E-state index is 0.0239. The molecule has 0 aliphatic rings. The predicted molar refractivity (Wildman–Crippen MR) is 73.3 cm³/mol. The first-order valence-electron chi connectivity index (χ1n) is 6.43. The van der Waals surface area contributed by atoms with Gasteiger partial charge in [0.2, 0.25) is 0 Å². The molecule has 7 heteroatoms. The Kier molecular flexibility index (Phi) is 4.98. The highest BCUT2D eigenvalue weighted by Gasteiger charge is 2.19. The summed E-state index contributed by atoms with van der Waals surface area (Å²) in [4.78, 5) is 14.8. The van der Waals surface area contributed by atoms with Gasteiger partial charge in [-0.1, -0.05) is 6.07 Å². The molecule has 116 valence electrons. The van der Waals surface area contributed by atoms with Crippen molar-refractivity contribution >= 4 is 5.91 Å². The van der Waals surface area contributed by atoms with E-state index >= 15 is 0 Å². The van der Waals surface area contributed by atoms with Gasteiger partial charge in [-0.15, -0.1) is 0 Å². The van der Waals surface area contributed by atoms with Crippen LogP contribution in [0.15, 0.2) is 42.7 Å². The van der Waals surface area contributed by atoms with Crippen LogP contribution in [-0.4, -0.2) is 17.3 Å². The molecule has 0 fully saturated rings. The maximum Gasteiger partial charge on any atom is 0.315 e. The van der Waals surface area contributed by atoms with Gasteiger partial charge in [-0.3, -0.25) is 9.78 Å². The number of ether oxygens (including phenoxy) is 1. The Balaban J connectivity index is 2.10. The number of rotatable bonds is 5. The minimum atomic E-state index is -3.11. The SMILES string of the molecule is CC(NC(=O)C(F)F)c1ccc(Oc2cccnc2)c(F)c1. The number of aromatic nitrogens is 1. The van der Waals surface area contributed by atoms with E-state index in [0.29, 0.717) is 11.3 Å². The van der Waals surface area contributed by atoms with Gasteiger partial charge in [0, 0.05) is 6.20 Å². The molecule has 1 atom stereocenters. The fraction of sp³-hybridized carbons (Fsp3) is 0.200. The first-order chi connectivity index (χ1) is 10.5. The predicted octanol–water partition coefficient (Wildman–Crippen LogP) is 3.46. The molecular formula is C15H13F3N2O2. The van der Waals surface area contributed by atoms with Crippen LogP contribution in [0.3, 0.4) is 0 Å². The van der Waals surface area contributed by atoms with Gasteiger partial charge < -0.3 is 10.1 Å². The smallest absolute Gasteiger partial charge is 0.315 e. The van der Waals surface area contributed by atoms with E-state index in [2.05, 4.69) is 10.3 Å². The molecule has 22 heavy (non-hydrogen) atoms. The van der Waals surface area contributed by atoms with Crippen LogP contribution in [0, 0.1) is 5.82 Å². The third kappa shape index (κ3) is 3.97. The van der Waals surface area contributed by atoms with Crippen LogP contribution in [0.1, 0.15) is 18.5 Å². The molecule has 0 saturated carbocycles. The molecule has 1 N–H and O–H groups in total. The molecule has 1 amide bonds. The van der Waals surface area contributed by atoms with Crippen LogP contribution >= 0.6 is 0 Å². The number of halogens is 3. The van der Waals surface area contributed by atoms with Crippen LogP contribution in [-0.2, 0) is 4.79 Å². The zero-order valence-electron chi connectivity index (χ0n) is 11.6. The van der Waals surface area contributed by atoms with Gasteiger partial charge in [0.25, 0.3) is 5.91 Å². The van der Waals surface area contributed by atoms with Crippen molar-refractivity contribution in [3.05, 3.63) is 54.1 Å². The van der Waals surface area contributed by atoms with Gasteiger partial charge in [-0.2, -0.15) is 8.78 Å². The molecular weight excluding hydrogens is 297 g/mol. The van der Waals surface area contributed by atoms with Crippen molar-refractivity contribution in [2.45, 2.75) is 19.4 Å². The number of alkyl halides is 2. The van der Waals surface area contributed by atoms with E-state index in [1.165, 1.54) is 25.3 Å². The summed E-state index contributed by atoms with van der Waals surface area (Å²) < 4.78 is 43.7. The summed E-state index contributed by atoms with van der Waals surface area (Å²) in [5.41, 5.74) is 0.352. The third-order valence-corrected chi connectivity index (χ3v) is 2.88. The van der Waals surface area contributed by atoms with E-state index in [9.17, 15) is 18.0 Å².